The fraction of sp³-hybridized carbons (Fsp3) is 0.500. The lowest BCUT2D eigenvalue weighted by Gasteiger charge is -2.24. The summed E-state index contributed by atoms with van der Waals surface area (Å²) in [7, 11) is 0. The van der Waals surface area contributed by atoms with Crippen molar-refractivity contribution in [3.8, 4) is 0 Å². The molecule has 0 fully saturated rings. The topological polar surface area (TPSA) is 38.3 Å². The predicted octanol–water partition coefficient (Wildman–Crippen LogP) is 4.50. The maximum Gasteiger partial charge on any atom is 0.417 e. The zero-order valence-electron chi connectivity index (χ0n) is 12.1. The van der Waals surface area contributed by atoms with Gasteiger partial charge in [0.05, 0.1) is 16.2 Å². The summed E-state index contributed by atoms with van der Waals surface area (Å²) < 4.78 is 43.6. The Morgan fingerprint density at radius 2 is 1.86 bits per heavy atom. The SMILES string of the molecule is CC(OC(C)(C)C)C(=O)Nc1ccc(Cl)c(C(F)(F)F)c1. The summed E-state index contributed by atoms with van der Waals surface area (Å²) in [5.41, 5.74) is -1.51. The second-order valence-electron chi connectivity index (χ2n) is 5.55. The van der Waals surface area contributed by atoms with Crippen molar-refractivity contribution in [3.63, 3.8) is 0 Å². The number of benzene rings is 1. The van der Waals surface area contributed by atoms with Crippen LogP contribution >= 0.6 is 11.6 Å². The van der Waals surface area contributed by atoms with E-state index in [1.807, 2.05) is 0 Å². The molecule has 1 atom stereocenters. The van der Waals surface area contributed by atoms with Gasteiger partial charge in [-0.3, -0.25) is 4.79 Å². The number of alkyl halides is 3. The van der Waals surface area contributed by atoms with E-state index >= 15 is 0 Å². The molecule has 0 aromatic heterocycles. The van der Waals surface area contributed by atoms with Gasteiger partial charge >= 0.3 is 6.18 Å². The summed E-state index contributed by atoms with van der Waals surface area (Å²) in [5, 5.41) is 1.96. The summed E-state index contributed by atoms with van der Waals surface area (Å²) in [6, 6.07) is 3.19. The molecule has 0 spiro atoms. The highest BCUT2D eigenvalue weighted by Crippen LogP contribution is 2.36. The zero-order chi connectivity index (χ0) is 16.4. The van der Waals surface area contributed by atoms with Gasteiger partial charge in [-0.2, -0.15) is 13.2 Å². The number of carbonyl (C=O) groups is 1. The van der Waals surface area contributed by atoms with Gasteiger partial charge in [0.15, 0.2) is 0 Å². The maximum atomic E-state index is 12.7. The Morgan fingerprint density at radius 3 is 2.33 bits per heavy atom. The highest BCUT2D eigenvalue weighted by molar-refractivity contribution is 6.31. The van der Waals surface area contributed by atoms with Gasteiger partial charge in [0.25, 0.3) is 5.91 Å². The zero-order valence-corrected chi connectivity index (χ0v) is 12.9. The highest BCUT2D eigenvalue weighted by Gasteiger charge is 2.33. The van der Waals surface area contributed by atoms with E-state index in [1.165, 1.54) is 13.0 Å². The third-order valence-corrected chi connectivity index (χ3v) is 2.77. The van der Waals surface area contributed by atoms with Crippen LogP contribution in [0.2, 0.25) is 5.02 Å². The Balaban J connectivity index is 2.87. The molecule has 0 bridgehead atoms. The molecule has 1 N–H and O–H groups in total. The standard InChI is InChI=1S/C14H17ClF3NO2/c1-8(21-13(2,3)4)12(20)19-9-5-6-11(15)10(7-9)14(16,17)18/h5-8H,1-4H3,(H,19,20). The molecule has 1 aromatic rings. The Kier molecular flexibility index (Phi) is 5.28. The number of halogens is 4. The van der Waals surface area contributed by atoms with Gasteiger partial charge < -0.3 is 10.1 Å². The third kappa shape index (κ3) is 5.55. The van der Waals surface area contributed by atoms with Crippen LogP contribution in [0.5, 0.6) is 0 Å². The summed E-state index contributed by atoms with van der Waals surface area (Å²) in [5.74, 6) is -0.527. The number of anilines is 1. The van der Waals surface area contributed by atoms with Crippen molar-refractivity contribution in [2.45, 2.75) is 45.6 Å². The van der Waals surface area contributed by atoms with Gasteiger partial charge in [-0.05, 0) is 45.9 Å². The first kappa shape index (κ1) is 17.8. The van der Waals surface area contributed by atoms with Crippen LogP contribution in [0.15, 0.2) is 18.2 Å². The van der Waals surface area contributed by atoms with Crippen LogP contribution in [0.3, 0.4) is 0 Å². The number of hydrogen-bond donors (Lipinski definition) is 1. The minimum atomic E-state index is -4.58. The molecule has 118 valence electrons. The lowest BCUT2D eigenvalue weighted by molar-refractivity contribution is -0.137. The normalized spacial score (nSPS) is 13.9. The van der Waals surface area contributed by atoms with Crippen molar-refractivity contribution >= 4 is 23.2 Å². The minimum Gasteiger partial charge on any atom is -0.363 e. The number of carbonyl (C=O) groups excluding carboxylic acids is 1. The maximum absolute atomic E-state index is 12.7. The quantitative estimate of drug-likeness (QED) is 0.889. The first-order valence-corrected chi connectivity index (χ1v) is 6.63. The van der Waals surface area contributed by atoms with Crippen LogP contribution < -0.4 is 5.32 Å². The molecular formula is C14H17ClF3NO2. The number of rotatable bonds is 3. The summed E-state index contributed by atoms with van der Waals surface area (Å²) in [6.45, 7) is 6.86. The van der Waals surface area contributed by atoms with Crippen LogP contribution in [0, 0.1) is 0 Å². The molecule has 3 nitrogen and oxygen atoms in total. The van der Waals surface area contributed by atoms with E-state index in [0.29, 0.717) is 0 Å². The molecule has 1 rings (SSSR count). The summed E-state index contributed by atoms with van der Waals surface area (Å²) in [4.78, 5) is 11.9. The van der Waals surface area contributed by atoms with Gasteiger partial charge in [-0.1, -0.05) is 11.6 Å². The molecule has 0 aliphatic rings. The lowest BCUT2D eigenvalue weighted by atomic mass is 10.1. The molecule has 0 aliphatic heterocycles. The summed E-state index contributed by atoms with van der Waals surface area (Å²) >= 11 is 5.51. The van der Waals surface area contributed by atoms with Crippen molar-refractivity contribution in [1.29, 1.82) is 0 Å². The van der Waals surface area contributed by atoms with Gasteiger partial charge in [-0.15, -0.1) is 0 Å². The average Bonchev–Trinajstić information content (AvgIpc) is 2.27. The second-order valence-corrected chi connectivity index (χ2v) is 5.96. The van der Waals surface area contributed by atoms with Gasteiger partial charge in [0, 0.05) is 5.69 Å². The Hall–Kier alpha value is -1.27. The van der Waals surface area contributed by atoms with Gasteiger partial charge in [-0.25, -0.2) is 0 Å². The van der Waals surface area contributed by atoms with Crippen molar-refractivity contribution in [2.75, 3.05) is 5.32 Å². The molecule has 21 heavy (non-hydrogen) atoms. The highest BCUT2D eigenvalue weighted by atomic mass is 35.5. The second kappa shape index (κ2) is 6.23. The molecule has 0 saturated heterocycles. The number of nitrogens with one attached hydrogen (secondary N) is 1. The Bertz CT molecular complexity index is 524. The molecule has 1 unspecified atom stereocenters. The van der Waals surface area contributed by atoms with E-state index in [4.69, 9.17) is 16.3 Å². The van der Waals surface area contributed by atoms with Crippen molar-refractivity contribution < 1.29 is 22.7 Å². The first-order valence-electron chi connectivity index (χ1n) is 6.25. The third-order valence-electron chi connectivity index (χ3n) is 2.44. The molecule has 1 amide bonds. The predicted molar refractivity (Wildman–Crippen MR) is 75.4 cm³/mol. The first-order chi connectivity index (χ1) is 9.40. The van der Waals surface area contributed by atoms with E-state index in [2.05, 4.69) is 5.32 Å². The molecule has 1 aromatic carbocycles. The van der Waals surface area contributed by atoms with E-state index in [-0.39, 0.29) is 5.69 Å². The monoisotopic (exact) mass is 323 g/mol. The summed E-state index contributed by atoms with van der Waals surface area (Å²) in [6.07, 6.45) is -5.37. The van der Waals surface area contributed by atoms with E-state index < -0.39 is 34.4 Å². The smallest absolute Gasteiger partial charge is 0.363 e. The number of amides is 1. The van der Waals surface area contributed by atoms with Crippen LogP contribution in [0.25, 0.3) is 0 Å². The number of ether oxygens (including phenoxy) is 1. The molecular weight excluding hydrogens is 307 g/mol. The van der Waals surface area contributed by atoms with E-state index in [9.17, 15) is 18.0 Å². The fourth-order valence-electron chi connectivity index (χ4n) is 1.65. The lowest BCUT2D eigenvalue weighted by Crippen LogP contribution is -2.34. The molecule has 0 heterocycles. The van der Waals surface area contributed by atoms with Crippen molar-refractivity contribution in [1.82, 2.24) is 0 Å². The average molecular weight is 324 g/mol. The van der Waals surface area contributed by atoms with Crippen LogP contribution in [-0.4, -0.2) is 17.6 Å². The molecule has 0 saturated carbocycles. The van der Waals surface area contributed by atoms with Crippen molar-refractivity contribution in [2.24, 2.45) is 0 Å². The van der Waals surface area contributed by atoms with Gasteiger partial charge in [0.2, 0.25) is 0 Å². The minimum absolute atomic E-state index is 0.0149. The molecule has 7 heteroatoms. The molecule has 0 aliphatic carbocycles. The fourth-order valence-corrected chi connectivity index (χ4v) is 1.87. The van der Waals surface area contributed by atoms with Crippen LogP contribution in [0.4, 0.5) is 18.9 Å². The van der Waals surface area contributed by atoms with Crippen LogP contribution in [-0.2, 0) is 15.7 Å². The van der Waals surface area contributed by atoms with Gasteiger partial charge in [0.1, 0.15) is 6.10 Å². The van der Waals surface area contributed by atoms with Crippen LogP contribution in [0.1, 0.15) is 33.3 Å². The Morgan fingerprint density at radius 1 is 1.29 bits per heavy atom. The van der Waals surface area contributed by atoms with E-state index in [1.54, 1.807) is 20.8 Å². The van der Waals surface area contributed by atoms with E-state index in [0.717, 1.165) is 12.1 Å². The largest absolute Gasteiger partial charge is 0.417 e. The van der Waals surface area contributed by atoms with Crippen molar-refractivity contribution in [3.05, 3.63) is 28.8 Å². The Labute approximate surface area is 126 Å². The molecule has 0 radical (unpaired) electrons. The number of hydrogen-bond acceptors (Lipinski definition) is 2.